The molecule has 110 valence electrons. The van der Waals surface area contributed by atoms with Crippen LogP contribution in [-0.4, -0.2) is 0 Å². The monoisotopic (exact) mass is 262 g/mol. The van der Waals surface area contributed by atoms with Crippen LogP contribution in [0.1, 0.15) is 73.6 Å². The number of rotatable bonds is 1. The summed E-state index contributed by atoms with van der Waals surface area (Å²) in [7, 11) is 0. The van der Waals surface area contributed by atoms with Crippen LogP contribution in [0.15, 0.2) is 36.0 Å². The first-order valence-corrected chi connectivity index (χ1v) is 8.21. The summed E-state index contributed by atoms with van der Waals surface area (Å²) in [6, 6.07) is 0. The quantitative estimate of drug-likeness (QED) is 0.493. The molecular weight excluding hydrogens is 228 g/mol. The van der Waals surface area contributed by atoms with Gasteiger partial charge in [0.2, 0.25) is 0 Å². The zero-order valence-corrected chi connectivity index (χ0v) is 14.0. The summed E-state index contributed by atoms with van der Waals surface area (Å²) in [5.74, 6) is 0.828. The highest BCUT2D eigenvalue weighted by Gasteiger charge is 2.27. The van der Waals surface area contributed by atoms with Crippen molar-refractivity contribution in [3.8, 4) is 0 Å². The molecule has 0 amide bonds. The predicted octanol–water partition coefficient (Wildman–Crippen LogP) is 6.70. The Labute approximate surface area is 121 Å². The molecule has 0 saturated heterocycles. The lowest BCUT2D eigenvalue weighted by molar-refractivity contribution is 0.210. The highest BCUT2D eigenvalue weighted by molar-refractivity contribution is 5.28. The molecule has 0 N–H and O–H groups in total. The van der Waals surface area contributed by atoms with E-state index in [9.17, 15) is 0 Å². The fourth-order valence-corrected chi connectivity index (χ4v) is 2.63. The van der Waals surface area contributed by atoms with Crippen LogP contribution in [0.3, 0.4) is 0 Å². The van der Waals surface area contributed by atoms with Gasteiger partial charge in [-0.3, -0.25) is 0 Å². The molecule has 0 heterocycles. The molecule has 1 fully saturated rings. The van der Waals surface area contributed by atoms with Gasteiger partial charge in [-0.25, -0.2) is 0 Å². The molecule has 0 aliphatic heterocycles. The second kappa shape index (κ2) is 10.1. The van der Waals surface area contributed by atoms with Gasteiger partial charge in [-0.15, -0.1) is 0 Å². The van der Waals surface area contributed by atoms with Gasteiger partial charge in [-0.2, -0.15) is 0 Å². The Hall–Kier alpha value is -0.780. The molecule has 2 aliphatic rings. The highest BCUT2D eigenvalue weighted by atomic mass is 14.3. The van der Waals surface area contributed by atoms with E-state index < -0.39 is 0 Å². The third-order valence-electron chi connectivity index (χ3n) is 3.84. The number of hydrogen-bond acceptors (Lipinski definition) is 0. The van der Waals surface area contributed by atoms with Gasteiger partial charge in [-0.05, 0) is 49.0 Å². The van der Waals surface area contributed by atoms with Crippen LogP contribution < -0.4 is 0 Å². The average Bonchev–Trinajstić information content (AvgIpc) is 2.72. The summed E-state index contributed by atoms with van der Waals surface area (Å²) in [6.07, 6.45) is 17.9. The first-order valence-electron chi connectivity index (χ1n) is 8.21. The van der Waals surface area contributed by atoms with E-state index in [1.54, 1.807) is 5.57 Å². The van der Waals surface area contributed by atoms with Crippen LogP contribution in [0.2, 0.25) is 0 Å². The van der Waals surface area contributed by atoms with Crippen molar-refractivity contribution in [1.29, 1.82) is 0 Å². The topological polar surface area (TPSA) is 0 Å². The van der Waals surface area contributed by atoms with Gasteiger partial charge in [0.25, 0.3) is 0 Å². The van der Waals surface area contributed by atoms with Crippen LogP contribution in [0.25, 0.3) is 0 Å². The van der Waals surface area contributed by atoms with E-state index in [0.29, 0.717) is 5.41 Å². The maximum Gasteiger partial charge on any atom is -0.0160 e. The van der Waals surface area contributed by atoms with E-state index in [1.165, 1.54) is 25.7 Å². The van der Waals surface area contributed by atoms with Crippen LogP contribution in [0.4, 0.5) is 0 Å². The summed E-state index contributed by atoms with van der Waals surface area (Å²) >= 11 is 0. The highest BCUT2D eigenvalue weighted by Crippen LogP contribution is 2.41. The van der Waals surface area contributed by atoms with Crippen molar-refractivity contribution in [3.63, 3.8) is 0 Å². The molecule has 19 heavy (non-hydrogen) atoms. The zero-order valence-electron chi connectivity index (χ0n) is 14.0. The van der Waals surface area contributed by atoms with Crippen molar-refractivity contribution in [3.05, 3.63) is 36.0 Å². The van der Waals surface area contributed by atoms with E-state index in [-0.39, 0.29) is 0 Å². The standard InChI is InChI=1S/C15H22.2C2H6/c1-15(2)11-9-14(10-12-15)13-7-5-3-4-6-8-13;2*1-2/h3-5,7-8,14H,6,9-12H2,1-2H3;2*1-2H3. The molecule has 2 aliphatic carbocycles. The Morgan fingerprint density at radius 1 is 0.947 bits per heavy atom. The van der Waals surface area contributed by atoms with E-state index in [1.807, 2.05) is 27.7 Å². The van der Waals surface area contributed by atoms with Gasteiger partial charge >= 0.3 is 0 Å². The molecular formula is C19H34. The maximum absolute atomic E-state index is 2.41. The summed E-state index contributed by atoms with van der Waals surface area (Å²) < 4.78 is 0. The maximum atomic E-state index is 2.41. The SMILES string of the molecule is CC.CC.CC1(C)CCC(C2=CCC=CC=C2)CC1. The Balaban J connectivity index is 0.000000741. The molecule has 0 aromatic carbocycles. The van der Waals surface area contributed by atoms with Crippen LogP contribution in [0.5, 0.6) is 0 Å². The van der Waals surface area contributed by atoms with E-state index >= 15 is 0 Å². The van der Waals surface area contributed by atoms with Gasteiger partial charge in [-0.1, -0.05) is 71.9 Å². The predicted molar refractivity (Wildman–Crippen MR) is 89.4 cm³/mol. The van der Waals surface area contributed by atoms with Crippen molar-refractivity contribution in [2.24, 2.45) is 11.3 Å². The Bertz CT molecular complexity index is 292. The van der Waals surface area contributed by atoms with Gasteiger partial charge in [0.15, 0.2) is 0 Å². The first-order chi connectivity index (χ1) is 9.17. The minimum absolute atomic E-state index is 0.587. The Kier molecular flexibility index (Phi) is 9.65. The van der Waals surface area contributed by atoms with Crippen molar-refractivity contribution >= 4 is 0 Å². The van der Waals surface area contributed by atoms with Crippen LogP contribution >= 0.6 is 0 Å². The van der Waals surface area contributed by atoms with Crippen molar-refractivity contribution < 1.29 is 0 Å². The van der Waals surface area contributed by atoms with E-state index in [0.717, 1.165) is 12.3 Å². The summed E-state index contributed by atoms with van der Waals surface area (Å²) in [5.41, 5.74) is 2.17. The lowest BCUT2D eigenvalue weighted by Gasteiger charge is -2.34. The minimum atomic E-state index is 0.587. The van der Waals surface area contributed by atoms with Crippen molar-refractivity contribution in [1.82, 2.24) is 0 Å². The third-order valence-corrected chi connectivity index (χ3v) is 3.84. The largest absolute Gasteiger partial charge is 0.0807 e. The van der Waals surface area contributed by atoms with Gasteiger partial charge in [0.05, 0.1) is 0 Å². The van der Waals surface area contributed by atoms with Crippen LogP contribution in [0, 0.1) is 11.3 Å². The second-order valence-corrected chi connectivity index (χ2v) is 5.67. The lowest BCUT2D eigenvalue weighted by atomic mass is 9.71. The molecule has 1 saturated carbocycles. The smallest absolute Gasteiger partial charge is 0.0160 e. The summed E-state index contributed by atoms with van der Waals surface area (Å²) in [5, 5.41) is 0. The fourth-order valence-electron chi connectivity index (χ4n) is 2.63. The molecule has 2 rings (SSSR count). The average molecular weight is 262 g/mol. The molecule has 0 bridgehead atoms. The normalized spacial score (nSPS) is 21.3. The molecule has 0 nitrogen and oxygen atoms in total. The summed E-state index contributed by atoms with van der Waals surface area (Å²) in [6.45, 7) is 12.8. The minimum Gasteiger partial charge on any atom is -0.0807 e. The zero-order chi connectivity index (χ0) is 14.7. The summed E-state index contributed by atoms with van der Waals surface area (Å²) in [4.78, 5) is 0. The molecule has 0 atom stereocenters. The molecule has 0 heteroatoms. The molecule has 0 spiro atoms. The first kappa shape index (κ1) is 18.2. The third kappa shape index (κ3) is 6.80. The van der Waals surface area contributed by atoms with Gasteiger partial charge in [0, 0.05) is 0 Å². The fraction of sp³-hybridized carbons (Fsp3) is 0.684. The van der Waals surface area contributed by atoms with Crippen LogP contribution in [-0.2, 0) is 0 Å². The molecule has 0 aromatic heterocycles. The van der Waals surface area contributed by atoms with Gasteiger partial charge in [0.1, 0.15) is 0 Å². The van der Waals surface area contributed by atoms with Gasteiger partial charge < -0.3 is 0 Å². The molecule has 0 unspecified atom stereocenters. The molecule has 0 aromatic rings. The van der Waals surface area contributed by atoms with E-state index in [2.05, 4.69) is 44.2 Å². The Morgan fingerprint density at radius 3 is 2.11 bits per heavy atom. The number of hydrogen-bond donors (Lipinski definition) is 0. The molecule has 0 radical (unpaired) electrons. The second-order valence-electron chi connectivity index (χ2n) is 5.67. The lowest BCUT2D eigenvalue weighted by Crippen LogP contribution is -2.21. The number of allylic oxidation sites excluding steroid dienone is 6. The Morgan fingerprint density at radius 2 is 1.53 bits per heavy atom. The van der Waals surface area contributed by atoms with E-state index in [4.69, 9.17) is 0 Å². The van der Waals surface area contributed by atoms with Crippen molar-refractivity contribution in [2.75, 3.05) is 0 Å². The van der Waals surface area contributed by atoms with Crippen molar-refractivity contribution in [2.45, 2.75) is 73.6 Å².